The molecule has 384 valence electrons. The maximum atomic E-state index is 12.8. The quantitative estimate of drug-likeness (QED) is 0.0197. The molecule has 0 amide bonds. The molecule has 0 fully saturated rings. The van der Waals surface area contributed by atoms with E-state index in [-0.39, 0.29) is 19.3 Å². The average Bonchev–Trinajstić information content (AvgIpc) is 3.32. The highest BCUT2D eigenvalue weighted by atomic mass is 31.2. The van der Waals surface area contributed by atoms with E-state index >= 15 is 0 Å². The van der Waals surface area contributed by atoms with E-state index in [0.29, 0.717) is 25.7 Å². The van der Waals surface area contributed by atoms with Crippen LogP contribution in [-0.4, -0.2) is 66.5 Å². The average molecular weight is 969 g/mol. The number of aliphatic hydroxyl groups excluding tert-OH is 1. The number of phosphoric acid groups is 1. The van der Waals surface area contributed by atoms with Gasteiger partial charge in [0.2, 0.25) is 0 Å². The summed E-state index contributed by atoms with van der Waals surface area (Å²) in [7, 11) is -4.79. The Labute approximate surface area is 411 Å². The van der Waals surface area contributed by atoms with Gasteiger partial charge in [0, 0.05) is 12.8 Å². The standard InChI is InChI=1S/C56H89O11P/c1-4-7-10-13-16-19-22-25-26-29-30-33-36-39-42-45-54(58)63-49-53(67-56(60)47-44-41-38-35-32-28-24-21-18-15-12-9-6-3)51-65-68(61,62)64-50-52(48-57)66-55(59)46-43-40-37-34-31-27-23-20-17-14-11-8-5-2/h7,9-10,12,16,18-21,23,25-26,28,30,32-33,38-39,41-42,52-53,57H,4-6,8,11,13-15,17,22,24,27,29,31,34-37,40,43-51H2,1-3H3,(H,61,62)/b10-7-,12-9-,19-16-,21-18-,23-20-,26-25-,32-28-,33-30-,41-38-,42-39-. The van der Waals surface area contributed by atoms with Crippen molar-refractivity contribution >= 4 is 25.7 Å². The van der Waals surface area contributed by atoms with Gasteiger partial charge >= 0.3 is 25.7 Å². The van der Waals surface area contributed by atoms with E-state index < -0.39 is 64.4 Å². The minimum atomic E-state index is -4.79. The minimum absolute atomic E-state index is 0.0203. The van der Waals surface area contributed by atoms with Crippen LogP contribution in [0.15, 0.2) is 122 Å². The first-order chi connectivity index (χ1) is 33.2. The van der Waals surface area contributed by atoms with Gasteiger partial charge in [0.1, 0.15) is 12.7 Å². The third-order valence-electron chi connectivity index (χ3n) is 9.90. The summed E-state index contributed by atoms with van der Waals surface area (Å²) in [5.41, 5.74) is 0. The summed E-state index contributed by atoms with van der Waals surface area (Å²) in [6.45, 7) is 4.15. The summed E-state index contributed by atoms with van der Waals surface area (Å²) in [5.74, 6) is -1.74. The van der Waals surface area contributed by atoms with Crippen LogP contribution in [0.2, 0.25) is 0 Å². The fourth-order valence-electron chi connectivity index (χ4n) is 6.08. The van der Waals surface area contributed by atoms with Crippen LogP contribution in [0.25, 0.3) is 0 Å². The molecule has 3 unspecified atom stereocenters. The summed E-state index contributed by atoms with van der Waals surface area (Å²) in [4.78, 5) is 48.2. The molecule has 3 atom stereocenters. The molecular weight excluding hydrogens is 880 g/mol. The number of aliphatic hydroxyl groups is 1. The minimum Gasteiger partial charge on any atom is -0.461 e. The molecule has 0 bridgehead atoms. The SMILES string of the molecule is CC/C=C\C/C=C\C/C=C\C/C=C\C/C=C\CC(=O)OCC(COP(=O)(O)OCC(CO)OC(=O)CCCCCCC/C=C\CCCCCC)OC(=O)CC/C=C\C/C=C\C/C=C\C/C=C\CC. The van der Waals surface area contributed by atoms with E-state index in [1.54, 1.807) is 6.08 Å². The Kier molecular flexibility index (Phi) is 46.3. The number of carbonyl (C=O) groups excluding carboxylic acids is 3. The zero-order valence-corrected chi connectivity index (χ0v) is 42.9. The summed E-state index contributed by atoms with van der Waals surface area (Å²) < 4.78 is 39.1. The number of unbranched alkanes of at least 4 members (excludes halogenated alkanes) is 9. The lowest BCUT2D eigenvalue weighted by atomic mass is 10.1. The van der Waals surface area contributed by atoms with Crippen molar-refractivity contribution in [2.75, 3.05) is 26.4 Å². The number of esters is 3. The smallest absolute Gasteiger partial charge is 0.461 e. The van der Waals surface area contributed by atoms with Crippen LogP contribution in [0.5, 0.6) is 0 Å². The van der Waals surface area contributed by atoms with Gasteiger partial charge in [0.05, 0.1) is 26.2 Å². The maximum absolute atomic E-state index is 12.8. The zero-order chi connectivity index (χ0) is 49.9. The van der Waals surface area contributed by atoms with Crippen molar-refractivity contribution in [1.29, 1.82) is 0 Å². The molecule has 0 heterocycles. The first kappa shape index (κ1) is 63.9. The van der Waals surface area contributed by atoms with Crippen LogP contribution < -0.4 is 0 Å². The third kappa shape index (κ3) is 47.0. The van der Waals surface area contributed by atoms with Gasteiger partial charge in [0.15, 0.2) is 6.10 Å². The molecule has 0 aliphatic carbocycles. The molecule has 0 aliphatic heterocycles. The number of hydrogen-bond donors (Lipinski definition) is 2. The Morgan fingerprint density at radius 1 is 0.441 bits per heavy atom. The topological polar surface area (TPSA) is 155 Å². The van der Waals surface area contributed by atoms with Crippen molar-refractivity contribution < 1.29 is 52.2 Å². The Morgan fingerprint density at radius 2 is 0.838 bits per heavy atom. The predicted molar refractivity (Wildman–Crippen MR) is 279 cm³/mol. The van der Waals surface area contributed by atoms with Crippen LogP contribution in [0, 0.1) is 0 Å². The van der Waals surface area contributed by atoms with Gasteiger partial charge < -0.3 is 24.2 Å². The van der Waals surface area contributed by atoms with Crippen molar-refractivity contribution in [2.24, 2.45) is 0 Å². The first-order valence-corrected chi connectivity index (χ1v) is 26.9. The van der Waals surface area contributed by atoms with E-state index in [4.69, 9.17) is 23.3 Å². The highest BCUT2D eigenvalue weighted by molar-refractivity contribution is 7.47. The predicted octanol–water partition coefficient (Wildman–Crippen LogP) is 14.5. The Morgan fingerprint density at radius 3 is 1.34 bits per heavy atom. The molecule has 0 radical (unpaired) electrons. The molecule has 0 spiro atoms. The van der Waals surface area contributed by atoms with Gasteiger partial charge in [0.25, 0.3) is 0 Å². The van der Waals surface area contributed by atoms with Crippen LogP contribution in [0.4, 0.5) is 0 Å². The summed E-state index contributed by atoms with van der Waals surface area (Å²) in [5, 5.41) is 9.76. The molecule has 0 saturated heterocycles. The van der Waals surface area contributed by atoms with Crippen LogP contribution in [0.3, 0.4) is 0 Å². The number of phosphoric ester groups is 1. The molecule has 11 nitrogen and oxygen atoms in total. The van der Waals surface area contributed by atoms with Gasteiger partial charge in [-0.25, -0.2) is 4.57 Å². The molecule has 12 heteroatoms. The maximum Gasteiger partial charge on any atom is 0.472 e. The Hall–Kier alpha value is -4.12. The number of allylic oxidation sites excluding steroid dienone is 19. The third-order valence-corrected chi connectivity index (χ3v) is 10.8. The number of ether oxygens (including phenoxy) is 3. The van der Waals surface area contributed by atoms with Gasteiger partial charge in [-0.1, -0.05) is 181 Å². The molecule has 0 aromatic carbocycles. The Balaban J connectivity index is 4.96. The van der Waals surface area contributed by atoms with Gasteiger partial charge in [-0.2, -0.15) is 0 Å². The van der Waals surface area contributed by atoms with Crippen LogP contribution in [-0.2, 0) is 42.2 Å². The second kappa shape index (κ2) is 49.3. The van der Waals surface area contributed by atoms with Gasteiger partial charge in [-0.15, -0.1) is 0 Å². The van der Waals surface area contributed by atoms with E-state index in [1.807, 2.05) is 36.5 Å². The lowest BCUT2D eigenvalue weighted by molar-refractivity contribution is -0.160. The van der Waals surface area contributed by atoms with E-state index in [9.17, 15) is 28.9 Å². The van der Waals surface area contributed by atoms with E-state index in [2.05, 4.69) is 99.8 Å². The lowest BCUT2D eigenvalue weighted by Crippen LogP contribution is -2.30. The normalized spacial score (nSPS) is 14.5. The fourth-order valence-corrected chi connectivity index (χ4v) is 6.87. The van der Waals surface area contributed by atoms with Gasteiger partial charge in [-0.05, 0) is 96.3 Å². The molecule has 0 saturated carbocycles. The molecule has 0 aliphatic rings. The Bertz CT molecular complexity index is 1600. The van der Waals surface area contributed by atoms with Crippen LogP contribution >= 0.6 is 7.82 Å². The first-order valence-electron chi connectivity index (χ1n) is 25.4. The van der Waals surface area contributed by atoms with Crippen molar-refractivity contribution in [3.05, 3.63) is 122 Å². The molecule has 0 aromatic heterocycles. The van der Waals surface area contributed by atoms with Crippen LogP contribution in [0.1, 0.15) is 175 Å². The van der Waals surface area contributed by atoms with Crippen molar-refractivity contribution in [1.82, 2.24) is 0 Å². The monoisotopic (exact) mass is 969 g/mol. The number of hydrogen-bond acceptors (Lipinski definition) is 10. The number of rotatable bonds is 45. The number of carbonyl (C=O) groups is 3. The summed E-state index contributed by atoms with van der Waals surface area (Å²) >= 11 is 0. The lowest BCUT2D eigenvalue weighted by Gasteiger charge is -2.21. The van der Waals surface area contributed by atoms with Crippen molar-refractivity contribution in [2.45, 2.75) is 187 Å². The molecule has 68 heavy (non-hydrogen) atoms. The molecule has 0 aromatic rings. The zero-order valence-electron chi connectivity index (χ0n) is 42.0. The highest BCUT2D eigenvalue weighted by Crippen LogP contribution is 2.43. The fraction of sp³-hybridized carbons (Fsp3) is 0.589. The second-order valence-corrected chi connectivity index (χ2v) is 17.7. The van der Waals surface area contributed by atoms with E-state index in [0.717, 1.165) is 83.5 Å². The van der Waals surface area contributed by atoms with Crippen molar-refractivity contribution in [3.8, 4) is 0 Å². The molecule has 2 N–H and O–H groups in total. The van der Waals surface area contributed by atoms with E-state index in [1.165, 1.54) is 25.7 Å². The highest BCUT2D eigenvalue weighted by Gasteiger charge is 2.28. The summed E-state index contributed by atoms with van der Waals surface area (Å²) in [6, 6.07) is 0. The molecular formula is C56H89O11P. The summed E-state index contributed by atoms with van der Waals surface area (Å²) in [6.07, 6.45) is 59.3. The molecule has 0 rings (SSSR count). The van der Waals surface area contributed by atoms with Gasteiger partial charge in [-0.3, -0.25) is 23.4 Å². The largest absolute Gasteiger partial charge is 0.472 e. The van der Waals surface area contributed by atoms with Crippen molar-refractivity contribution in [3.63, 3.8) is 0 Å². The second-order valence-electron chi connectivity index (χ2n) is 16.2.